The second-order valence-corrected chi connectivity index (χ2v) is 5.89. The summed E-state index contributed by atoms with van der Waals surface area (Å²) in [4.78, 5) is 5.56. The van der Waals surface area contributed by atoms with E-state index < -0.39 is 0 Å². The number of hydrogen-bond acceptors (Lipinski definition) is 3. The number of nitrogens with one attached hydrogen (secondary N) is 1. The zero-order valence-corrected chi connectivity index (χ0v) is 12.4. The van der Waals surface area contributed by atoms with Crippen molar-refractivity contribution in [1.82, 2.24) is 10.3 Å². The first-order chi connectivity index (χ1) is 9.86. The number of nitrogens with zero attached hydrogens (tertiary/aromatic N) is 1. The summed E-state index contributed by atoms with van der Waals surface area (Å²) in [5.41, 5.74) is 1.32. The van der Waals surface area contributed by atoms with Crippen LogP contribution in [-0.2, 0) is 6.54 Å². The first-order valence-corrected chi connectivity index (χ1v) is 7.84. The smallest absolute Gasteiger partial charge is 0.0414 e. The van der Waals surface area contributed by atoms with E-state index in [0.717, 1.165) is 13.0 Å². The van der Waals surface area contributed by atoms with E-state index in [1.165, 1.54) is 21.2 Å². The number of benzene rings is 1. The lowest BCUT2D eigenvalue weighted by molar-refractivity contribution is 0.527. The summed E-state index contributed by atoms with van der Waals surface area (Å²) < 4.78 is 0. The molecule has 3 rings (SSSR count). The number of rotatable bonds is 5. The average molecular weight is 282 g/mol. The molecule has 0 aliphatic rings. The van der Waals surface area contributed by atoms with Crippen LogP contribution in [0.1, 0.15) is 29.8 Å². The first kappa shape index (κ1) is 13.3. The molecule has 1 aromatic carbocycles. The van der Waals surface area contributed by atoms with Crippen molar-refractivity contribution in [3.8, 4) is 0 Å². The van der Waals surface area contributed by atoms with Gasteiger partial charge in [-0.15, -0.1) is 11.3 Å². The van der Waals surface area contributed by atoms with Crippen LogP contribution >= 0.6 is 11.3 Å². The summed E-state index contributed by atoms with van der Waals surface area (Å²) in [7, 11) is 0. The van der Waals surface area contributed by atoms with Crippen LogP contribution in [-0.4, -0.2) is 4.98 Å². The molecular formula is C17H18N2S. The van der Waals surface area contributed by atoms with Crippen LogP contribution in [0, 0.1) is 0 Å². The molecule has 1 unspecified atom stereocenters. The molecule has 3 heteroatoms. The Bertz CT molecular complexity index is 676. The Labute approximate surface area is 123 Å². The third-order valence-electron chi connectivity index (χ3n) is 3.55. The standard InChI is InChI=1S/C17H18N2S/c1-2-16(17-4-3-9-20-17)19-11-13-5-6-15-12-18-8-7-14(15)10-13/h3-10,12,16,19H,2,11H2,1H3. The van der Waals surface area contributed by atoms with Crippen molar-refractivity contribution in [3.05, 3.63) is 64.6 Å². The molecular weight excluding hydrogens is 264 g/mol. The summed E-state index contributed by atoms with van der Waals surface area (Å²) >= 11 is 1.82. The fourth-order valence-electron chi connectivity index (χ4n) is 2.42. The molecule has 0 aliphatic heterocycles. The molecule has 0 saturated carbocycles. The van der Waals surface area contributed by atoms with Crippen molar-refractivity contribution >= 4 is 22.1 Å². The van der Waals surface area contributed by atoms with Crippen molar-refractivity contribution in [2.45, 2.75) is 25.9 Å². The second-order valence-electron chi connectivity index (χ2n) is 4.91. The van der Waals surface area contributed by atoms with E-state index >= 15 is 0 Å². The highest BCUT2D eigenvalue weighted by Crippen LogP contribution is 2.22. The monoisotopic (exact) mass is 282 g/mol. The summed E-state index contributed by atoms with van der Waals surface area (Å²) in [6, 6.07) is 13.4. The van der Waals surface area contributed by atoms with E-state index in [4.69, 9.17) is 0 Å². The Hall–Kier alpha value is -1.71. The Morgan fingerprint density at radius 1 is 1.20 bits per heavy atom. The number of aromatic nitrogens is 1. The molecule has 3 aromatic rings. The number of fused-ring (bicyclic) bond motifs is 1. The van der Waals surface area contributed by atoms with Crippen LogP contribution in [0.25, 0.3) is 10.8 Å². The lowest BCUT2D eigenvalue weighted by atomic mass is 10.1. The highest BCUT2D eigenvalue weighted by atomic mass is 32.1. The van der Waals surface area contributed by atoms with Gasteiger partial charge in [-0.2, -0.15) is 0 Å². The van der Waals surface area contributed by atoms with Crippen LogP contribution < -0.4 is 5.32 Å². The number of hydrogen-bond donors (Lipinski definition) is 1. The molecule has 0 aliphatic carbocycles. The Morgan fingerprint density at radius 3 is 2.95 bits per heavy atom. The Morgan fingerprint density at radius 2 is 2.15 bits per heavy atom. The van der Waals surface area contributed by atoms with Crippen LogP contribution in [0.4, 0.5) is 0 Å². The zero-order chi connectivity index (χ0) is 13.8. The molecule has 1 N–H and O–H groups in total. The molecule has 1 atom stereocenters. The topological polar surface area (TPSA) is 24.9 Å². The number of thiophene rings is 1. The molecule has 0 saturated heterocycles. The van der Waals surface area contributed by atoms with E-state index in [2.05, 4.69) is 59.0 Å². The lowest BCUT2D eigenvalue weighted by Crippen LogP contribution is -2.19. The minimum absolute atomic E-state index is 0.447. The highest BCUT2D eigenvalue weighted by molar-refractivity contribution is 7.10. The van der Waals surface area contributed by atoms with E-state index in [1.807, 2.05) is 23.7 Å². The minimum atomic E-state index is 0.447. The highest BCUT2D eigenvalue weighted by Gasteiger charge is 2.09. The van der Waals surface area contributed by atoms with Crippen molar-refractivity contribution in [1.29, 1.82) is 0 Å². The van der Waals surface area contributed by atoms with Crippen molar-refractivity contribution < 1.29 is 0 Å². The van der Waals surface area contributed by atoms with Gasteiger partial charge in [-0.1, -0.05) is 25.1 Å². The van der Waals surface area contributed by atoms with Gasteiger partial charge in [0.1, 0.15) is 0 Å². The fraction of sp³-hybridized carbons (Fsp3) is 0.235. The van der Waals surface area contributed by atoms with Gasteiger partial charge in [-0.05, 0) is 40.9 Å². The van der Waals surface area contributed by atoms with Crippen LogP contribution in [0.15, 0.2) is 54.2 Å². The molecule has 2 aromatic heterocycles. The maximum Gasteiger partial charge on any atom is 0.0414 e. The van der Waals surface area contributed by atoms with Gasteiger partial charge in [0, 0.05) is 35.2 Å². The van der Waals surface area contributed by atoms with Gasteiger partial charge in [0.05, 0.1) is 0 Å². The van der Waals surface area contributed by atoms with Crippen LogP contribution in [0.5, 0.6) is 0 Å². The average Bonchev–Trinajstić information content (AvgIpc) is 3.02. The predicted molar refractivity (Wildman–Crippen MR) is 85.9 cm³/mol. The normalized spacial score (nSPS) is 12.7. The lowest BCUT2D eigenvalue weighted by Gasteiger charge is -2.15. The van der Waals surface area contributed by atoms with E-state index in [1.54, 1.807) is 0 Å². The van der Waals surface area contributed by atoms with Crippen LogP contribution in [0.3, 0.4) is 0 Å². The van der Waals surface area contributed by atoms with Gasteiger partial charge in [0.2, 0.25) is 0 Å². The van der Waals surface area contributed by atoms with Gasteiger partial charge in [0.15, 0.2) is 0 Å². The predicted octanol–water partition coefficient (Wildman–Crippen LogP) is 4.54. The zero-order valence-electron chi connectivity index (χ0n) is 11.5. The van der Waals surface area contributed by atoms with Gasteiger partial charge in [0.25, 0.3) is 0 Å². The maximum atomic E-state index is 4.15. The van der Waals surface area contributed by atoms with Gasteiger partial charge in [-0.25, -0.2) is 0 Å². The number of pyridine rings is 1. The molecule has 0 bridgehead atoms. The van der Waals surface area contributed by atoms with E-state index in [9.17, 15) is 0 Å². The summed E-state index contributed by atoms with van der Waals surface area (Å²) in [6.07, 6.45) is 4.87. The van der Waals surface area contributed by atoms with Gasteiger partial charge in [-0.3, -0.25) is 4.98 Å². The van der Waals surface area contributed by atoms with Crippen molar-refractivity contribution in [2.24, 2.45) is 0 Å². The first-order valence-electron chi connectivity index (χ1n) is 6.96. The van der Waals surface area contributed by atoms with Gasteiger partial charge >= 0.3 is 0 Å². The fourth-order valence-corrected chi connectivity index (χ4v) is 3.31. The van der Waals surface area contributed by atoms with E-state index in [0.29, 0.717) is 6.04 Å². The molecule has 0 amide bonds. The summed E-state index contributed by atoms with van der Waals surface area (Å²) in [5, 5.41) is 8.24. The van der Waals surface area contributed by atoms with E-state index in [-0.39, 0.29) is 0 Å². The molecule has 20 heavy (non-hydrogen) atoms. The SMILES string of the molecule is CCC(NCc1ccc2cnccc2c1)c1cccs1. The molecule has 0 radical (unpaired) electrons. The maximum absolute atomic E-state index is 4.15. The quantitative estimate of drug-likeness (QED) is 0.743. The molecule has 102 valence electrons. The summed E-state index contributed by atoms with van der Waals surface area (Å²) in [5.74, 6) is 0. The molecule has 0 fully saturated rings. The largest absolute Gasteiger partial charge is 0.305 e. The summed E-state index contributed by atoms with van der Waals surface area (Å²) in [6.45, 7) is 3.12. The van der Waals surface area contributed by atoms with Crippen LogP contribution in [0.2, 0.25) is 0 Å². The Kier molecular flexibility index (Phi) is 4.09. The molecule has 0 spiro atoms. The minimum Gasteiger partial charge on any atom is -0.305 e. The molecule has 2 heterocycles. The molecule has 2 nitrogen and oxygen atoms in total. The van der Waals surface area contributed by atoms with Gasteiger partial charge < -0.3 is 5.32 Å². The third kappa shape index (κ3) is 2.89. The second kappa shape index (κ2) is 6.16. The van der Waals surface area contributed by atoms with Crippen molar-refractivity contribution in [2.75, 3.05) is 0 Å². The Balaban J connectivity index is 1.73. The van der Waals surface area contributed by atoms with Crippen molar-refractivity contribution in [3.63, 3.8) is 0 Å². The third-order valence-corrected chi connectivity index (χ3v) is 4.54.